The number of carbonyl (C=O) groups excluding carboxylic acids is 2. The number of nitrogens with one attached hydrogen (secondary N) is 1. The van der Waals surface area contributed by atoms with Gasteiger partial charge in [0.25, 0.3) is 17.4 Å². The van der Waals surface area contributed by atoms with Crippen LogP contribution in [0.1, 0.15) is 31.6 Å². The van der Waals surface area contributed by atoms with Gasteiger partial charge in [0.05, 0.1) is 6.54 Å². The lowest BCUT2D eigenvalue weighted by atomic mass is 10.0. The predicted octanol–water partition coefficient (Wildman–Crippen LogP) is 2.74. The van der Waals surface area contributed by atoms with Gasteiger partial charge in [-0.3, -0.25) is 14.5 Å². The lowest BCUT2D eigenvalue weighted by Gasteiger charge is -2.38. The van der Waals surface area contributed by atoms with Gasteiger partial charge in [-0.05, 0) is 36.9 Å². The van der Waals surface area contributed by atoms with Crippen molar-refractivity contribution in [2.45, 2.75) is 38.8 Å². The summed E-state index contributed by atoms with van der Waals surface area (Å²) in [7, 11) is 0. The van der Waals surface area contributed by atoms with E-state index in [2.05, 4.69) is 17.2 Å². The highest BCUT2D eigenvalue weighted by molar-refractivity contribution is 7.09. The highest BCUT2D eigenvalue weighted by Gasteiger charge is 2.50. The van der Waals surface area contributed by atoms with E-state index < -0.39 is 11.5 Å². The number of rotatable bonds is 6. The van der Waals surface area contributed by atoms with Crippen LogP contribution in [0.3, 0.4) is 0 Å². The van der Waals surface area contributed by atoms with Crippen molar-refractivity contribution in [2.75, 3.05) is 11.4 Å². The topological polar surface area (TPSA) is 71.5 Å². The molecule has 132 valence electrons. The zero-order chi connectivity index (χ0) is 17.9. The van der Waals surface area contributed by atoms with Gasteiger partial charge in [0.2, 0.25) is 0 Å². The normalized spacial score (nSPS) is 19.3. The second-order valence-electron chi connectivity index (χ2n) is 6.03. The molecule has 2 amide bonds. The van der Waals surface area contributed by atoms with Gasteiger partial charge < -0.3 is 10.1 Å². The molecule has 0 saturated carbocycles. The van der Waals surface area contributed by atoms with Gasteiger partial charge in [0, 0.05) is 17.6 Å². The maximum absolute atomic E-state index is 13.0. The molecule has 1 N–H and O–H groups in total. The average molecular weight is 359 g/mol. The fourth-order valence-electron chi connectivity index (χ4n) is 2.70. The van der Waals surface area contributed by atoms with Crippen LogP contribution in [0.2, 0.25) is 0 Å². The van der Waals surface area contributed by atoms with Gasteiger partial charge in [0.15, 0.2) is 11.6 Å². The number of hydrogen-bond donors (Lipinski definition) is 1. The molecule has 1 aliphatic rings. The number of anilines is 1. The lowest BCUT2D eigenvalue weighted by Crippen LogP contribution is -2.62. The lowest BCUT2D eigenvalue weighted by molar-refractivity contribution is -0.148. The largest absolute Gasteiger partial charge is 0.464 e. The first-order valence-corrected chi connectivity index (χ1v) is 9.21. The second-order valence-corrected chi connectivity index (χ2v) is 7.07. The molecule has 0 aliphatic carbocycles. The van der Waals surface area contributed by atoms with E-state index in [9.17, 15) is 9.59 Å². The Labute approximate surface area is 150 Å². The van der Waals surface area contributed by atoms with E-state index in [0.717, 1.165) is 17.7 Å². The van der Waals surface area contributed by atoms with Crippen molar-refractivity contribution >= 4 is 29.0 Å². The van der Waals surface area contributed by atoms with Crippen LogP contribution in [-0.4, -0.2) is 28.9 Å². The Hall–Kier alpha value is -2.41. The van der Waals surface area contributed by atoms with Crippen LogP contribution in [0, 0.1) is 0 Å². The molecular formula is C18H21N3O3S. The number of aromatic nitrogens is 1. The highest BCUT2D eigenvalue weighted by Crippen LogP contribution is 2.36. The van der Waals surface area contributed by atoms with Crippen LogP contribution in [0.5, 0.6) is 5.75 Å². The van der Waals surface area contributed by atoms with E-state index in [0.29, 0.717) is 24.7 Å². The number of ether oxygens (including phenoxy) is 1. The third-order valence-corrected chi connectivity index (χ3v) is 5.02. The first-order valence-electron chi connectivity index (χ1n) is 8.33. The van der Waals surface area contributed by atoms with E-state index in [1.807, 2.05) is 17.5 Å². The Morgan fingerprint density at radius 1 is 1.40 bits per heavy atom. The number of fused-ring (bicyclic) bond motifs is 1. The van der Waals surface area contributed by atoms with Crippen LogP contribution >= 0.6 is 11.3 Å². The monoisotopic (exact) mass is 359 g/mol. The smallest absolute Gasteiger partial charge is 0.282 e. The van der Waals surface area contributed by atoms with E-state index in [1.165, 1.54) is 6.92 Å². The minimum Gasteiger partial charge on any atom is -0.464 e. The van der Waals surface area contributed by atoms with Gasteiger partial charge in [-0.25, -0.2) is 4.98 Å². The summed E-state index contributed by atoms with van der Waals surface area (Å²) >= 11 is 1.55. The van der Waals surface area contributed by atoms with Crippen molar-refractivity contribution in [1.82, 2.24) is 10.3 Å². The molecule has 7 heteroatoms. The van der Waals surface area contributed by atoms with Gasteiger partial charge in [-0.1, -0.05) is 19.4 Å². The number of carbonyl (C=O) groups is 2. The molecule has 0 fully saturated rings. The standard InChI is InChI=1S/C18H21N3O3S/c1-3-4-10-21-15-14(8-5-9-19-15)24-18(2,17(21)23)16(22)20-12-13-7-6-11-25-13/h5-9,11H,3-4,10,12H2,1-2H3,(H,20,22). The molecule has 0 bridgehead atoms. The van der Waals surface area contributed by atoms with Gasteiger partial charge >= 0.3 is 0 Å². The molecule has 3 rings (SSSR count). The quantitative estimate of drug-likeness (QED) is 0.805. The predicted molar refractivity (Wildman–Crippen MR) is 96.7 cm³/mol. The SMILES string of the molecule is CCCCN1C(=O)C(C)(C(=O)NCc2cccs2)Oc2cccnc21. The molecule has 2 aromatic heterocycles. The van der Waals surface area contributed by atoms with Crippen LogP contribution in [0.15, 0.2) is 35.8 Å². The Morgan fingerprint density at radius 2 is 2.24 bits per heavy atom. The maximum Gasteiger partial charge on any atom is 0.282 e. The van der Waals surface area contributed by atoms with Crippen LogP contribution in [0.25, 0.3) is 0 Å². The number of nitrogens with zero attached hydrogens (tertiary/aromatic N) is 2. The second kappa shape index (κ2) is 7.23. The van der Waals surface area contributed by atoms with Crippen molar-refractivity contribution in [3.63, 3.8) is 0 Å². The summed E-state index contributed by atoms with van der Waals surface area (Å²) in [6.07, 6.45) is 3.39. The number of thiophene rings is 1. The molecule has 1 atom stereocenters. The van der Waals surface area contributed by atoms with E-state index in [1.54, 1.807) is 34.6 Å². The number of pyridine rings is 1. The van der Waals surface area contributed by atoms with Crippen molar-refractivity contribution in [1.29, 1.82) is 0 Å². The maximum atomic E-state index is 13.0. The zero-order valence-electron chi connectivity index (χ0n) is 14.3. The molecule has 25 heavy (non-hydrogen) atoms. The fourth-order valence-corrected chi connectivity index (χ4v) is 3.34. The Kier molecular flexibility index (Phi) is 5.03. The Balaban J connectivity index is 1.84. The third-order valence-electron chi connectivity index (χ3n) is 4.15. The van der Waals surface area contributed by atoms with Crippen molar-refractivity contribution in [3.8, 4) is 5.75 Å². The molecule has 6 nitrogen and oxygen atoms in total. The minimum atomic E-state index is -1.60. The van der Waals surface area contributed by atoms with Crippen LogP contribution in [0.4, 0.5) is 5.82 Å². The summed E-state index contributed by atoms with van der Waals surface area (Å²) in [5, 5.41) is 4.76. The van der Waals surface area contributed by atoms with Gasteiger partial charge in [-0.2, -0.15) is 0 Å². The van der Waals surface area contributed by atoms with Gasteiger partial charge in [0.1, 0.15) is 0 Å². The van der Waals surface area contributed by atoms with E-state index in [4.69, 9.17) is 4.74 Å². The van der Waals surface area contributed by atoms with E-state index in [-0.39, 0.29) is 5.91 Å². The molecular weight excluding hydrogens is 338 g/mol. The summed E-state index contributed by atoms with van der Waals surface area (Å²) in [5.41, 5.74) is -1.60. The Bertz CT molecular complexity index is 763. The number of unbranched alkanes of at least 4 members (excludes halogenated alkanes) is 1. The first-order chi connectivity index (χ1) is 12.1. The van der Waals surface area contributed by atoms with Crippen LogP contribution < -0.4 is 15.0 Å². The molecule has 0 saturated heterocycles. The number of amides is 2. The molecule has 3 heterocycles. The van der Waals surface area contributed by atoms with E-state index >= 15 is 0 Å². The van der Waals surface area contributed by atoms with Crippen molar-refractivity contribution in [2.24, 2.45) is 0 Å². The summed E-state index contributed by atoms with van der Waals surface area (Å²) in [6, 6.07) is 7.32. The summed E-state index contributed by atoms with van der Waals surface area (Å²) in [4.78, 5) is 32.6. The summed E-state index contributed by atoms with van der Waals surface area (Å²) in [5.74, 6) is 0.106. The Morgan fingerprint density at radius 3 is 2.96 bits per heavy atom. The molecule has 0 radical (unpaired) electrons. The van der Waals surface area contributed by atoms with Gasteiger partial charge in [-0.15, -0.1) is 11.3 Å². The van der Waals surface area contributed by atoms with Crippen molar-refractivity contribution in [3.05, 3.63) is 40.7 Å². The molecule has 1 aliphatic heterocycles. The fraction of sp³-hybridized carbons (Fsp3) is 0.389. The van der Waals surface area contributed by atoms with Crippen molar-refractivity contribution < 1.29 is 14.3 Å². The molecule has 0 aromatic carbocycles. The van der Waals surface area contributed by atoms with Crippen LogP contribution in [-0.2, 0) is 16.1 Å². The zero-order valence-corrected chi connectivity index (χ0v) is 15.1. The first kappa shape index (κ1) is 17.4. The number of hydrogen-bond acceptors (Lipinski definition) is 5. The molecule has 0 spiro atoms. The average Bonchev–Trinajstić information content (AvgIpc) is 3.13. The summed E-state index contributed by atoms with van der Waals surface area (Å²) < 4.78 is 5.81. The molecule has 1 unspecified atom stereocenters. The third kappa shape index (κ3) is 3.37. The summed E-state index contributed by atoms with van der Waals surface area (Å²) in [6.45, 7) is 4.46. The molecule has 2 aromatic rings. The minimum absolute atomic E-state index is 0.373. The highest BCUT2D eigenvalue weighted by atomic mass is 32.1.